The number of alkyl halides is 3. The molecule has 2 aromatic carbocycles. The van der Waals surface area contributed by atoms with Crippen LogP contribution in [-0.2, 0) is 22.3 Å². The number of carbonyl (C=O) groups is 2. The summed E-state index contributed by atoms with van der Waals surface area (Å²) in [6, 6.07) is 13.2. The molecule has 0 aliphatic heterocycles. The molecule has 0 radical (unpaired) electrons. The van der Waals surface area contributed by atoms with Crippen molar-refractivity contribution in [2.75, 3.05) is 0 Å². The van der Waals surface area contributed by atoms with E-state index in [4.69, 9.17) is 0 Å². The third-order valence-corrected chi connectivity index (χ3v) is 3.74. The molecule has 1 atom stereocenters. The number of halogens is 3. The molecule has 0 heterocycles. The lowest BCUT2D eigenvalue weighted by Gasteiger charge is -2.18. The highest BCUT2D eigenvalue weighted by Gasteiger charge is 2.29. The molecule has 2 amide bonds. The van der Waals surface area contributed by atoms with Gasteiger partial charge in [0.2, 0.25) is 11.8 Å². The average molecular weight is 364 g/mol. The average Bonchev–Trinajstić information content (AvgIpc) is 2.59. The smallest absolute Gasteiger partial charge is 0.352 e. The third-order valence-electron chi connectivity index (χ3n) is 3.74. The summed E-state index contributed by atoms with van der Waals surface area (Å²) in [5.41, 5.74) is 0.622. The van der Waals surface area contributed by atoms with Crippen molar-refractivity contribution in [2.45, 2.75) is 32.1 Å². The van der Waals surface area contributed by atoms with E-state index in [0.717, 1.165) is 17.7 Å². The fourth-order valence-electron chi connectivity index (χ4n) is 2.45. The van der Waals surface area contributed by atoms with Crippen molar-refractivity contribution in [2.24, 2.45) is 0 Å². The van der Waals surface area contributed by atoms with E-state index in [0.29, 0.717) is 5.56 Å². The minimum Gasteiger partial charge on any atom is -0.352 e. The highest BCUT2D eigenvalue weighted by Crippen LogP contribution is 2.29. The van der Waals surface area contributed by atoms with Gasteiger partial charge in [-0.1, -0.05) is 42.5 Å². The van der Waals surface area contributed by atoms with E-state index in [2.05, 4.69) is 10.6 Å². The maximum Gasteiger partial charge on any atom is 0.416 e. The predicted octanol–water partition coefficient (Wildman–Crippen LogP) is 3.59. The fraction of sp³-hybridized carbons (Fsp3) is 0.263. The van der Waals surface area contributed by atoms with Gasteiger partial charge in [-0.05, 0) is 23.3 Å². The van der Waals surface area contributed by atoms with E-state index >= 15 is 0 Å². The molecule has 0 aliphatic carbocycles. The van der Waals surface area contributed by atoms with Crippen LogP contribution in [0.25, 0.3) is 0 Å². The number of benzene rings is 2. The van der Waals surface area contributed by atoms with Gasteiger partial charge < -0.3 is 10.6 Å². The van der Waals surface area contributed by atoms with Crippen LogP contribution in [-0.4, -0.2) is 11.8 Å². The molecule has 0 spiro atoms. The van der Waals surface area contributed by atoms with Gasteiger partial charge in [0.15, 0.2) is 0 Å². The first kappa shape index (κ1) is 19.5. The van der Waals surface area contributed by atoms with Gasteiger partial charge in [0.25, 0.3) is 0 Å². The van der Waals surface area contributed by atoms with E-state index < -0.39 is 17.8 Å². The molecule has 4 nitrogen and oxygen atoms in total. The van der Waals surface area contributed by atoms with Crippen molar-refractivity contribution in [1.29, 1.82) is 0 Å². The molecule has 0 bridgehead atoms. The van der Waals surface area contributed by atoms with E-state index in [-0.39, 0.29) is 24.8 Å². The Bertz CT molecular complexity index is 744. The van der Waals surface area contributed by atoms with Crippen molar-refractivity contribution in [3.8, 4) is 0 Å². The van der Waals surface area contributed by atoms with Gasteiger partial charge in [-0.15, -0.1) is 0 Å². The van der Waals surface area contributed by atoms with Gasteiger partial charge in [-0.3, -0.25) is 9.59 Å². The van der Waals surface area contributed by atoms with Crippen LogP contribution < -0.4 is 10.6 Å². The monoisotopic (exact) mass is 364 g/mol. The van der Waals surface area contributed by atoms with E-state index in [9.17, 15) is 22.8 Å². The summed E-state index contributed by atoms with van der Waals surface area (Å²) in [5.74, 6) is -0.568. The Hall–Kier alpha value is -2.83. The van der Waals surface area contributed by atoms with Crippen molar-refractivity contribution in [3.05, 3.63) is 71.3 Å². The van der Waals surface area contributed by atoms with E-state index in [1.807, 2.05) is 30.3 Å². The molecular weight excluding hydrogens is 345 g/mol. The molecule has 7 heteroatoms. The van der Waals surface area contributed by atoms with Gasteiger partial charge in [-0.2, -0.15) is 13.2 Å². The molecule has 0 aliphatic rings. The van der Waals surface area contributed by atoms with Crippen LogP contribution in [0.1, 0.15) is 36.1 Å². The maximum atomic E-state index is 12.5. The molecule has 0 aromatic heterocycles. The zero-order valence-corrected chi connectivity index (χ0v) is 14.1. The third kappa shape index (κ3) is 5.91. The second kappa shape index (κ2) is 8.51. The Morgan fingerprint density at radius 3 is 2.15 bits per heavy atom. The zero-order chi connectivity index (χ0) is 19.2. The number of hydrogen-bond donors (Lipinski definition) is 2. The largest absolute Gasteiger partial charge is 0.416 e. The number of carbonyl (C=O) groups excluding carboxylic acids is 2. The van der Waals surface area contributed by atoms with Crippen molar-refractivity contribution >= 4 is 11.8 Å². The molecule has 0 unspecified atom stereocenters. The second-order valence-electron chi connectivity index (χ2n) is 5.84. The summed E-state index contributed by atoms with van der Waals surface area (Å²) in [7, 11) is 0. The fourth-order valence-corrected chi connectivity index (χ4v) is 2.45. The first-order chi connectivity index (χ1) is 12.3. The van der Waals surface area contributed by atoms with Crippen LogP contribution in [0.3, 0.4) is 0 Å². The summed E-state index contributed by atoms with van der Waals surface area (Å²) >= 11 is 0. The highest BCUT2D eigenvalue weighted by atomic mass is 19.4. The van der Waals surface area contributed by atoms with Gasteiger partial charge in [-0.25, -0.2) is 0 Å². The van der Waals surface area contributed by atoms with Crippen LogP contribution in [0.5, 0.6) is 0 Å². The Morgan fingerprint density at radius 1 is 1.00 bits per heavy atom. The summed E-state index contributed by atoms with van der Waals surface area (Å²) in [6.07, 6.45) is -4.35. The SMILES string of the molecule is CC(=O)N[C@@H](CC(=O)NCc1ccc(C(F)(F)F)cc1)c1ccccc1. The van der Waals surface area contributed by atoms with Gasteiger partial charge >= 0.3 is 6.18 Å². The number of amides is 2. The van der Waals surface area contributed by atoms with Crippen LogP contribution in [0.2, 0.25) is 0 Å². The van der Waals surface area contributed by atoms with Gasteiger partial charge in [0.1, 0.15) is 0 Å². The first-order valence-electron chi connectivity index (χ1n) is 8.00. The molecule has 0 saturated carbocycles. The Balaban J connectivity index is 1.94. The Labute approximate surface area is 149 Å². The predicted molar refractivity (Wildman–Crippen MR) is 90.9 cm³/mol. The normalized spacial score (nSPS) is 12.3. The minimum atomic E-state index is -4.39. The number of nitrogens with one attached hydrogen (secondary N) is 2. The van der Waals surface area contributed by atoms with Crippen molar-refractivity contribution in [3.63, 3.8) is 0 Å². The standard InChI is InChI=1S/C19H19F3N2O2/c1-13(25)24-17(15-5-3-2-4-6-15)11-18(26)23-12-14-7-9-16(10-8-14)19(20,21)22/h2-10,17H,11-12H2,1H3,(H,23,26)(H,24,25)/t17-/m0/s1. The topological polar surface area (TPSA) is 58.2 Å². The van der Waals surface area contributed by atoms with Crippen LogP contribution in [0.4, 0.5) is 13.2 Å². The van der Waals surface area contributed by atoms with Crippen LogP contribution in [0, 0.1) is 0 Å². The molecular formula is C19H19F3N2O2. The molecule has 2 N–H and O–H groups in total. The van der Waals surface area contributed by atoms with Crippen molar-refractivity contribution < 1.29 is 22.8 Å². The van der Waals surface area contributed by atoms with Crippen LogP contribution >= 0.6 is 0 Å². The van der Waals surface area contributed by atoms with E-state index in [1.54, 1.807) is 0 Å². The van der Waals surface area contributed by atoms with Crippen LogP contribution in [0.15, 0.2) is 54.6 Å². The molecule has 0 saturated heterocycles. The maximum absolute atomic E-state index is 12.5. The summed E-state index contributed by atoms with van der Waals surface area (Å²) in [5, 5.41) is 5.38. The number of hydrogen-bond acceptors (Lipinski definition) is 2. The number of rotatable bonds is 6. The minimum absolute atomic E-state index is 0.0320. The second-order valence-corrected chi connectivity index (χ2v) is 5.84. The highest BCUT2D eigenvalue weighted by molar-refractivity contribution is 5.79. The Morgan fingerprint density at radius 2 is 1.62 bits per heavy atom. The Kier molecular flexibility index (Phi) is 6.38. The zero-order valence-electron chi connectivity index (χ0n) is 14.1. The quantitative estimate of drug-likeness (QED) is 0.823. The summed E-state index contributed by atoms with van der Waals surface area (Å²) in [6.45, 7) is 1.48. The van der Waals surface area contributed by atoms with Gasteiger partial charge in [0, 0.05) is 13.5 Å². The summed E-state index contributed by atoms with van der Waals surface area (Å²) in [4.78, 5) is 23.5. The molecule has 138 valence electrons. The molecule has 26 heavy (non-hydrogen) atoms. The molecule has 2 rings (SSSR count). The lowest BCUT2D eigenvalue weighted by molar-refractivity contribution is -0.137. The summed E-state index contributed by atoms with van der Waals surface area (Å²) < 4.78 is 37.6. The molecule has 0 fully saturated rings. The van der Waals surface area contributed by atoms with Crippen molar-refractivity contribution in [1.82, 2.24) is 10.6 Å². The lowest BCUT2D eigenvalue weighted by atomic mass is 10.0. The van der Waals surface area contributed by atoms with Gasteiger partial charge in [0.05, 0.1) is 18.0 Å². The lowest BCUT2D eigenvalue weighted by Crippen LogP contribution is -2.32. The molecule has 2 aromatic rings. The van der Waals surface area contributed by atoms with E-state index in [1.165, 1.54) is 19.1 Å². The first-order valence-corrected chi connectivity index (χ1v) is 8.00.